The topological polar surface area (TPSA) is 64.9 Å². The Balaban J connectivity index is 2.11. The van der Waals surface area contributed by atoms with E-state index >= 15 is 0 Å². The number of nitrogens with zero attached hydrogens (tertiary/aromatic N) is 1. The smallest absolute Gasteiger partial charge is 0.242 e. The molecule has 4 nitrogen and oxygen atoms in total. The molecule has 1 aliphatic heterocycles. The molecule has 2 rings (SSSR count). The molecule has 1 aromatic rings. The number of benzene rings is 1. The highest BCUT2D eigenvalue weighted by Crippen LogP contribution is 2.22. The molecule has 1 aromatic carbocycles. The van der Waals surface area contributed by atoms with Crippen LogP contribution in [0.15, 0.2) is 22.7 Å². The second-order valence-corrected chi connectivity index (χ2v) is 5.14. The van der Waals surface area contributed by atoms with Gasteiger partial charge in [0.15, 0.2) is 0 Å². The zero-order valence-corrected chi connectivity index (χ0v) is 11.5. The summed E-state index contributed by atoms with van der Waals surface area (Å²) in [5.41, 5.74) is 1.44. The maximum atomic E-state index is 11.8. The lowest BCUT2D eigenvalue weighted by molar-refractivity contribution is -0.121. The van der Waals surface area contributed by atoms with Crippen LogP contribution >= 0.6 is 15.9 Å². The molecular weight excluding hydrogens is 294 g/mol. The minimum atomic E-state index is -0.188. The summed E-state index contributed by atoms with van der Waals surface area (Å²) in [4.78, 5) is 11.8. The predicted molar refractivity (Wildman–Crippen MR) is 73.1 cm³/mol. The number of nitrogens with one attached hydrogen (secondary N) is 2. The first-order chi connectivity index (χ1) is 8.70. The van der Waals surface area contributed by atoms with E-state index in [-0.39, 0.29) is 11.9 Å². The maximum absolute atomic E-state index is 11.8. The van der Waals surface area contributed by atoms with Crippen molar-refractivity contribution in [1.82, 2.24) is 5.32 Å². The fourth-order valence-corrected chi connectivity index (χ4v) is 2.44. The largest absolute Gasteiger partial charge is 0.374 e. The Morgan fingerprint density at radius 2 is 2.28 bits per heavy atom. The monoisotopic (exact) mass is 307 g/mol. The Labute approximate surface area is 115 Å². The van der Waals surface area contributed by atoms with E-state index in [0.29, 0.717) is 5.56 Å². The van der Waals surface area contributed by atoms with Crippen molar-refractivity contribution in [2.75, 3.05) is 11.9 Å². The molecule has 0 radical (unpaired) electrons. The number of hydrogen-bond acceptors (Lipinski definition) is 3. The Morgan fingerprint density at radius 3 is 3.00 bits per heavy atom. The summed E-state index contributed by atoms with van der Waals surface area (Å²) in [7, 11) is 0. The Hall–Kier alpha value is -1.54. The fourth-order valence-electron chi connectivity index (χ4n) is 1.97. The number of carbonyl (C=O) groups excluding carboxylic acids is 1. The van der Waals surface area contributed by atoms with Gasteiger partial charge in [0.25, 0.3) is 0 Å². The number of halogens is 1. The molecule has 5 heteroatoms. The zero-order valence-electron chi connectivity index (χ0n) is 9.87. The Morgan fingerprint density at radius 1 is 1.44 bits per heavy atom. The summed E-state index contributed by atoms with van der Waals surface area (Å²) in [6.07, 6.45) is 2.90. The maximum Gasteiger partial charge on any atom is 0.242 e. The molecule has 0 spiro atoms. The molecule has 0 saturated carbocycles. The van der Waals surface area contributed by atoms with Gasteiger partial charge in [-0.1, -0.05) is 0 Å². The van der Waals surface area contributed by atoms with Crippen molar-refractivity contribution in [2.45, 2.75) is 25.3 Å². The van der Waals surface area contributed by atoms with Gasteiger partial charge in [-0.25, -0.2) is 0 Å². The third kappa shape index (κ3) is 3.02. The number of carbonyl (C=O) groups is 1. The number of anilines is 1. The number of rotatable bonds is 2. The first kappa shape index (κ1) is 12.9. The van der Waals surface area contributed by atoms with E-state index in [2.05, 4.69) is 32.6 Å². The van der Waals surface area contributed by atoms with Crippen molar-refractivity contribution in [3.63, 3.8) is 0 Å². The van der Waals surface area contributed by atoms with Gasteiger partial charge in [-0.15, -0.1) is 0 Å². The first-order valence-corrected chi connectivity index (χ1v) is 6.74. The normalized spacial score (nSPS) is 19.6. The lowest BCUT2D eigenvalue weighted by Crippen LogP contribution is -2.37. The van der Waals surface area contributed by atoms with E-state index in [9.17, 15) is 4.79 Å². The number of nitriles is 1. The van der Waals surface area contributed by atoms with Gasteiger partial charge in [0.05, 0.1) is 5.56 Å². The van der Waals surface area contributed by atoms with Gasteiger partial charge in [-0.2, -0.15) is 5.26 Å². The summed E-state index contributed by atoms with van der Waals surface area (Å²) < 4.78 is 0.740. The molecule has 1 saturated heterocycles. The van der Waals surface area contributed by atoms with Crippen LogP contribution in [-0.4, -0.2) is 18.5 Å². The zero-order chi connectivity index (χ0) is 13.0. The summed E-state index contributed by atoms with van der Waals surface area (Å²) in [6, 6.07) is 7.29. The van der Waals surface area contributed by atoms with E-state index in [1.807, 2.05) is 12.1 Å². The quantitative estimate of drug-likeness (QED) is 0.882. The Kier molecular flexibility index (Phi) is 4.21. The van der Waals surface area contributed by atoms with Gasteiger partial charge < -0.3 is 10.6 Å². The second-order valence-electron chi connectivity index (χ2n) is 4.29. The van der Waals surface area contributed by atoms with Crippen molar-refractivity contribution in [3.05, 3.63) is 28.2 Å². The molecule has 18 heavy (non-hydrogen) atoms. The molecule has 0 aliphatic carbocycles. The lowest BCUT2D eigenvalue weighted by Gasteiger charge is -2.16. The summed E-state index contributed by atoms with van der Waals surface area (Å²) in [5.74, 6) is 0.0491. The van der Waals surface area contributed by atoms with Crippen molar-refractivity contribution >= 4 is 27.5 Å². The van der Waals surface area contributed by atoms with Gasteiger partial charge in [-0.3, -0.25) is 4.79 Å². The van der Waals surface area contributed by atoms with Crippen molar-refractivity contribution in [3.8, 4) is 6.07 Å². The third-order valence-electron chi connectivity index (χ3n) is 2.97. The van der Waals surface area contributed by atoms with E-state index in [0.717, 1.165) is 36.0 Å². The molecule has 1 aliphatic rings. The summed E-state index contributed by atoms with van der Waals surface area (Å²) >= 11 is 3.34. The number of amides is 1. The SMILES string of the molecule is N#Cc1ccc(NC2CCCCNC2=O)cc1Br. The van der Waals surface area contributed by atoms with Crippen LogP contribution in [0.1, 0.15) is 24.8 Å². The molecule has 2 N–H and O–H groups in total. The van der Waals surface area contributed by atoms with Crippen molar-refractivity contribution in [2.24, 2.45) is 0 Å². The van der Waals surface area contributed by atoms with Crippen LogP contribution in [0, 0.1) is 11.3 Å². The van der Waals surface area contributed by atoms with Crippen LogP contribution in [0.2, 0.25) is 0 Å². The van der Waals surface area contributed by atoms with Gasteiger partial charge >= 0.3 is 0 Å². The number of hydrogen-bond donors (Lipinski definition) is 2. The van der Waals surface area contributed by atoms with E-state index in [1.54, 1.807) is 6.07 Å². The summed E-state index contributed by atoms with van der Waals surface area (Å²) in [5, 5.41) is 14.9. The molecule has 0 aromatic heterocycles. The second kappa shape index (κ2) is 5.87. The molecule has 1 heterocycles. The molecule has 0 bridgehead atoms. The van der Waals surface area contributed by atoms with E-state index in [4.69, 9.17) is 5.26 Å². The van der Waals surface area contributed by atoms with Gasteiger partial charge in [0.2, 0.25) is 5.91 Å². The van der Waals surface area contributed by atoms with Crippen molar-refractivity contribution in [1.29, 1.82) is 5.26 Å². The third-order valence-corrected chi connectivity index (χ3v) is 3.62. The predicted octanol–water partition coefficient (Wildman–Crippen LogP) is 2.40. The molecule has 1 atom stereocenters. The molecule has 1 amide bonds. The van der Waals surface area contributed by atoms with E-state index < -0.39 is 0 Å². The minimum absolute atomic E-state index is 0.0491. The minimum Gasteiger partial charge on any atom is -0.374 e. The molecule has 1 unspecified atom stereocenters. The standard InChI is InChI=1S/C13H14BrN3O/c14-11-7-10(5-4-9(11)8-15)17-12-3-1-2-6-16-13(12)18/h4-5,7,12,17H,1-3,6H2,(H,16,18). The fraction of sp³-hybridized carbons (Fsp3) is 0.385. The highest BCUT2D eigenvalue weighted by Gasteiger charge is 2.20. The van der Waals surface area contributed by atoms with Crippen LogP contribution in [0.4, 0.5) is 5.69 Å². The molecule has 1 fully saturated rings. The molecular formula is C13H14BrN3O. The van der Waals surface area contributed by atoms with Crippen LogP contribution in [0.5, 0.6) is 0 Å². The van der Waals surface area contributed by atoms with Gasteiger partial charge in [-0.05, 0) is 53.4 Å². The Bertz CT molecular complexity index is 495. The highest BCUT2D eigenvalue weighted by atomic mass is 79.9. The first-order valence-electron chi connectivity index (χ1n) is 5.94. The lowest BCUT2D eigenvalue weighted by atomic mass is 10.1. The van der Waals surface area contributed by atoms with Crippen LogP contribution in [-0.2, 0) is 4.79 Å². The van der Waals surface area contributed by atoms with Gasteiger partial charge in [0, 0.05) is 16.7 Å². The van der Waals surface area contributed by atoms with Gasteiger partial charge in [0.1, 0.15) is 12.1 Å². The van der Waals surface area contributed by atoms with E-state index in [1.165, 1.54) is 0 Å². The van der Waals surface area contributed by atoms with Crippen LogP contribution in [0.25, 0.3) is 0 Å². The van der Waals surface area contributed by atoms with Crippen molar-refractivity contribution < 1.29 is 4.79 Å². The van der Waals surface area contributed by atoms with Crippen LogP contribution < -0.4 is 10.6 Å². The average molecular weight is 308 g/mol. The highest BCUT2D eigenvalue weighted by molar-refractivity contribution is 9.10. The summed E-state index contributed by atoms with van der Waals surface area (Å²) in [6.45, 7) is 0.758. The molecule has 94 valence electrons. The van der Waals surface area contributed by atoms with Crippen LogP contribution in [0.3, 0.4) is 0 Å². The average Bonchev–Trinajstić information content (AvgIpc) is 2.55.